The Hall–Kier alpha value is -3.40. The van der Waals surface area contributed by atoms with E-state index in [1.807, 2.05) is 20.8 Å². The standard InChI is InChI=1S/C17H21N7O2.C7H14O/c1-10(2)23-7-5-6-12(17(23)26)21-13-8-14(18-3)24-15(22-13)11(9-20-24)16(25)19-4;1-7(8)5-3-2-4-6-7/h5-10,18H,1-4H3,(H,19,25)(H,21,22);8H,2-6H2,1H3. The van der Waals surface area contributed by atoms with Crippen LogP contribution in [-0.4, -0.2) is 49.9 Å². The number of aromatic nitrogens is 4. The first kappa shape index (κ1) is 25.2. The summed E-state index contributed by atoms with van der Waals surface area (Å²) < 4.78 is 3.17. The number of amides is 1. The zero-order valence-electron chi connectivity index (χ0n) is 20.6. The van der Waals surface area contributed by atoms with Gasteiger partial charge in [0.05, 0.1) is 11.8 Å². The molecular weight excluding hydrogens is 434 g/mol. The second kappa shape index (κ2) is 10.7. The molecule has 10 heteroatoms. The lowest BCUT2D eigenvalue weighted by atomic mass is 9.87. The zero-order chi connectivity index (χ0) is 24.9. The molecule has 0 aliphatic heterocycles. The SMILES string of the molecule is CC1(O)CCCCC1.CNC(=O)c1cnn2c(NC)cc(Nc3cccn(C(C)C)c3=O)nc12. The van der Waals surface area contributed by atoms with E-state index >= 15 is 0 Å². The van der Waals surface area contributed by atoms with Crippen LogP contribution < -0.4 is 21.5 Å². The van der Waals surface area contributed by atoms with Gasteiger partial charge in [-0.3, -0.25) is 9.59 Å². The van der Waals surface area contributed by atoms with E-state index in [1.54, 1.807) is 43.1 Å². The number of nitrogens with zero attached hydrogens (tertiary/aromatic N) is 4. The van der Waals surface area contributed by atoms with E-state index in [9.17, 15) is 14.7 Å². The molecule has 1 amide bonds. The molecule has 10 nitrogen and oxygen atoms in total. The van der Waals surface area contributed by atoms with Gasteiger partial charge in [0.15, 0.2) is 5.65 Å². The van der Waals surface area contributed by atoms with E-state index in [0.29, 0.717) is 28.5 Å². The smallest absolute Gasteiger partial charge is 0.274 e. The summed E-state index contributed by atoms with van der Waals surface area (Å²) in [6, 6.07) is 5.26. The fourth-order valence-electron chi connectivity index (χ4n) is 3.96. The number of nitrogens with one attached hydrogen (secondary N) is 3. The molecule has 3 aromatic heterocycles. The van der Waals surface area contributed by atoms with E-state index in [2.05, 4.69) is 26.0 Å². The maximum atomic E-state index is 12.6. The lowest BCUT2D eigenvalue weighted by Crippen LogP contribution is -2.26. The third kappa shape index (κ3) is 5.74. The summed E-state index contributed by atoms with van der Waals surface area (Å²) in [4.78, 5) is 29.1. The van der Waals surface area contributed by atoms with Gasteiger partial charge in [0.2, 0.25) is 0 Å². The van der Waals surface area contributed by atoms with Crippen LogP contribution in [0, 0.1) is 0 Å². The number of carbonyl (C=O) groups excluding carboxylic acids is 1. The largest absolute Gasteiger partial charge is 0.390 e. The maximum absolute atomic E-state index is 12.6. The summed E-state index contributed by atoms with van der Waals surface area (Å²) >= 11 is 0. The molecule has 1 fully saturated rings. The number of fused-ring (bicyclic) bond motifs is 1. The van der Waals surface area contributed by atoms with E-state index in [-0.39, 0.29) is 23.1 Å². The van der Waals surface area contributed by atoms with Crippen LogP contribution in [0.3, 0.4) is 0 Å². The molecule has 4 rings (SSSR count). The van der Waals surface area contributed by atoms with Crippen molar-refractivity contribution in [1.29, 1.82) is 0 Å². The number of hydrogen-bond acceptors (Lipinski definition) is 7. The highest BCUT2D eigenvalue weighted by Crippen LogP contribution is 2.26. The van der Waals surface area contributed by atoms with Crippen molar-refractivity contribution in [2.75, 3.05) is 24.7 Å². The highest BCUT2D eigenvalue weighted by atomic mass is 16.3. The second-order valence-electron chi connectivity index (χ2n) is 9.06. The topological polar surface area (TPSA) is 126 Å². The van der Waals surface area contributed by atoms with Crippen LogP contribution in [0.2, 0.25) is 0 Å². The Morgan fingerprint density at radius 3 is 2.47 bits per heavy atom. The highest BCUT2D eigenvalue weighted by Gasteiger charge is 2.22. The highest BCUT2D eigenvalue weighted by molar-refractivity contribution is 5.99. The van der Waals surface area contributed by atoms with E-state index in [0.717, 1.165) is 12.8 Å². The number of pyridine rings is 1. The van der Waals surface area contributed by atoms with Gasteiger partial charge >= 0.3 is 0 Å². The van der Waals surface area contributed by atoms with Gasteiger partial charge in [-0.1, -0.05) is 19.3 Å². The molecule has 3 heterocycles. The Kier molecular flexibility index (Phi) is 7.93. The summed E-state index contributed by atoms with van der Waals surface area (Å²) in [5.41, 5.74) is 0.675. The number of hydrogen-bond donors (Lipinski definition) is 4. The van der Waals surface area contributed by atoms with Crippen molar-refractivity contribution in [3.63, 3.8) is 0 Å². The Bertz CT molecular complexity index is 1190. The average molecular weight is 470 g/mol. The number of rotatable bonds is 5. The third-order valence-corrected chi connectivity index (χ3v) is 5.92. The van der Waals surface area contributed by atoms with Crippen molar-refractivity contribution in [3.8, 4) is 0 Å². The molecule has 4 N–H and O–H groups in total. The summed E-state index contributed by atoms with van der Waals surface area (Å²) in [6.07, 6.45) is 8.96. The van der Waals surface area contributed by atoms with Gasteiger partial charge in [-0.25, -0.2) is 4.98 Å². The van der Waals surface area contributed by atoms with Crippen molar-refractivity contribution in [2.45, 2.75) is 64.5 Å². The van der Waals surface area contributed by atoms with Crippen LogP contribution in [0.1, 0.15) is 69.3 Å². The first-order valence-corrected chi connectivity index (χ1v) is 11.7. The van der Waals surface area contributed by atoms with E-state index in [4.69, 9.17) is 0 Å². The number of anilines is 3. The molecule has 0 bridgehead atoms. The third-order valence-electron chi connectivity index (χ3n) is 5.92. The fraction of sp³-hybridized carbons (Fsp3) is 0.500. The second-order valence-corrected chi connectivity index (χ2v) is 9.06. The molecule has 0 atom stereocenters. The number of carbonyl (C=O) groups is 1. The Morgan fingerprint density at radius 1 is 1.21 bits per heavy atom. The van der Waals surface area contributed by atoms with Gasteiger partial charge < -0.3 is 25.6 Å². The minimum atomic E-state index is -0.321. The van der Waals surface area contributed by atoms with Crippen LogP contribution in [0.15, 0.2) is 35.4 Å². The first-order valence-electron chi connectivity index (χ1n) is 11.7. The maximum Gasteiger partial charge on any atom is 0.274 e. The van der Waals surface area contributed by atoms with Gasteiger partial charge in [0.1, 0.15) is 22.9 Å². The van der Waals surface area contributed by atoms with Crippen LogP contribution in [0.25, 0.3) is 5.65 Å². The summed E-state index contributed by atoms with van der Waals surface area (Å²) in [6.45, 7) is 5.82. The van der Waals surface area contributed by atoms with Crippen LogP contribution in [0.5, 0.6) is 0 Å². The molecule has 1 aliphatic rings. The predicted molar refractivity (Wildman–Crippen MR) is 134 cm³/mol. The summed E-state index contributed by atoms with van der Waals surface area (Å²) in [5, 5.41) is 22.2. The van der Waals surface area contributed by atoms with Crippen molar-refractivity contribution in [1.82, 2.24) is 24.5 Å². The molecular formula is C24H35N7O3. The monoisotopic (exact) mass is 469 g/mol. The van der Waals surface area contributed by atoms with Gasteiger partial charge in [0, 0.05) is 32.4 Å². The molecule has 0 unspecified atom stereocenters. The molecule has 1 saturated carbocycles. The molecule has 184 valence electrons. The van der Waals surface area contributed by atoms with Gasteiger partial charge in [0.25, 0.3) is 11.5 Å². The molecule has 34 heavy (non-hydrogen) atoms. The van der Waals surface area contributed by atoms with E-state index in [1.165, 1.54) is 30.0 Å². The average Bonchev–Trinajstić information content (AvgIpc) is 3.23. The Labute approximate surface area is 199 Å². The molecule has 0 spiro atoms. The molecule has 0 radical (unpaired) electrons. The van der Waals surface area contributed by atoms with Gasteiger partial charge in [-0.05, 0) is 45.7 Å². The van der Waals surface area contributed by atoms with Crippen molar-refractivity contribution in [3.05, 3.63) is 46.5 Å². The van der Waals surface area contributed by atoms with Crippen LogP contribution in [-0.2, 0) is 0 Å². The molecule has 0 saturated heterocycles. The number of aliphatic hydroxyl groups is 1. The van der Waals surface area contributed by atoms with Crippen molar-refractivity contribution >= 4 is 28.9 Å². The Balaban J connectivity index is 0.000000343. The van der Waals surface area contributed by atoms with Crippen LogP contribution >= 0.6 is 0 Å². The minimum Gasteiger partial charge on any atom is -0.390 e. The zero-order valence-corrected chi connectivity index (χ0v) is 20.6. The van der Waals surface area contributed by atoms with Gasteiger partial charge in [-0.15, -0.1) is 0 Å². The predicted octanol–water partition coefficient (Wildman–Crippen LogP) is 3.32. The minimum absolute atomic E-state index is 0.0437. The summed E-state index contributed by atoms with van der Waals surface area (Å²) in [5.74, 6) is 0.785. The first-order chi connectivity index (χ1) is 16.2. The molecule has 0 aromatic carbocycles. The lowest BCUT2D eigenvalue weighted by molar-refractivity contribution is 0.0225. The normalized spacial score (nSPS) is 14.9. The summed E-state index contributed by atoms with van der Waals surface area (Å²) in [7, 11) is 3.29. The fourth-order valence-corrected chi connectivity index (χ4v) is 3.96. The molecule has 1 aliphatic carbocycles. The molecule has 3 aromatic rings. The quantitative estimate of drug-likeness (QED) is 0.452. The van der Waals surface area contributed by atoms with Crippen molar-refractivity contribution in [2.24, 2.45) is 0 Å². The Morgan fingerprint density at radius 2 is 1.91 bits per heavy atom. The lowest BCUT2D eigenvalue weighted by Gasteiger charge is -2.27. The van der Waals surface area contributed by atoms with Gasteiger partial charge in [-0.2, -0.15) is 9.61 Å². The van der Waals surface area contributed by atoms with E-state index < -0.39 is 0 Å². The van der Waals surface area contributed by atoms with Crippen molar-refractivity contribution < 1.29 is 9.90 Å². The van der Waals surface area contributed by atoms with Crippen LogP contribution in [0.4, 0.5) is 17.3 Å².